The third-order valence-electron chi connectivity index (χ3n) is 17.0. The van der Waals surface area contributed by atoms with E-state index >= 15 is 0 Å². The highest BCUT2D eigenvalue weighted by Gasteiger charge is 2.20. The van der Waals surface area contributed by atoms with Crippen LogP contribution in [0.2, 0.25) is 0 Å². The van der Waals surface area contributed by atoms with E-state index in [0.717, 1.165) is 44.9 Å². The minimum absolute atomic E-state index is 0.0133. The fourth-order valence-electron chi connectivity index (χ4n) is 11.5. The first-order chi connectivity index (χ1) is 39.0. The van der Waals surface area contributed by atoms with Gasteiger partial charge in [-0.15, -0.1) is 0 Å². The van der Waals surface area contributed by atoms with Gasteiger partial charge in [-0.05, 0) is 77.0 Å². The van der Waals surface area contributed by atoms with Crippen LogP contribution in [0.3, 0.4) is 0 Å². The van der Waals surface area contributed by atoms with Gasteiger partial charge in [0.1, 0.15) is 0 Å². The largest absolute Gasteiger partial charge is 0.466 e. The Balaban J connectivity index is 3.36. The molecule has 0 aromatic heterocycles. The fourth-order valence-corrected chi connectivity index (χ4v) is 11.5. The van der Waals surface area contributed by atoms with Crippen molar-refractivity contribution < 1.29 is 24.5 Å². The predicted molar refractivity (Wildman–Crippen MR) is 347 cm³/mol. The second kappa shape index (κ2) is 68.8. The van der Waals surface area contributed by atoms with E-state index < -0.39 is 12.1 Å². The summed E-state index contributed by atoms with van der Waals surface area (Å²) in [6.07, 6.45) is 86.6. The predicted octanol–water partition coefficient (Wildman–Crippen LogP) is 23.3. The zero-order valence-electron chi connectivity index (χ0n) is 53.6. The van der Waals surface area contributed by atoms with Gasteiger partial charge in [0.05, 0.1) is 25.4 Å². The van der Waals surface area contributed by atoms with E-state index in [-0.39, 0.29) is 18.5 Å². The van der Waals surface area contributed by atoms with E-state index in [0.29, 0.717) is 25.9 Å². The molecule has 2 atom stereocenters. The van der Waals surface area contributed by atoms with Crippen molar-refractivity contribution in [2.24, 2.45) is 0 Å². The fraction of sp³-hybridized carbons (Fsp3) is 0.918. The number of hydrogen-bond donors (Lipinski definition) is 3. The maximum atomic E-state index is 12.5. The van der Waals surface area contributed by atoms with E-state index in [2.05, 4.69) is 43.5 Å². The molecule has 1 amide bonds. The number of unbranched alkanes of at least 4 members (excludes halogenated alkanes) is 53. The van der Waals surface area contributed by atoms with Gasteiger partial charge < -0.3 is 20.3 Å². The van der Waals surface area contributed by atoms with Gasteiger partial charge in [0.25, 0.3) is 0 Å². The van der Waals surface area contributed by atoms with Crippen LogP contribution in [0.25, 0.3) is 0 Å². The van der Waals surface area contributed by atoms with Crippen LogP contribution in [-0.4, -0.2) is 47.4 Å². The van der Waals surface area contributed by atoms with Crippen LogP contribution >= 0.6 is 0 Å². The van der Waals surface area contributed by atoms with E-state index in [9.17, 15) is 19.8 Å². The van der Waals surface area contributed by atoms with Crippen molar-refractivity contribution >= 4 is 11.9 Å². The summed E-state index contributed by atoms with van der Waals surface area (Å²) in [5, 5.41) is 23.4. The third-order valence-corrected chi connectivity index (χ3v) is 17.0. The molecular formula is C73H141NO5. The summed E-state index contributed by atoms with van der Waals surface area (Å²) < 4.78 is 5.50. The van der Waals surface area contributed by atoms with Crippen molar-refractivity contribution in [3.8, 4) is 0 Å². The zero-order valence-corrected chi connectivity index (χ0v) is 53.6. The highest BCUT2D eigenvalue weighted by molar-refractivity contribution is 5.76. The Labute approximate surface area is 494 Å². The number of nitrogens with one attached hydrogen (secondary N) is 1. The molecule has 0 spiro atoms. The summed E-state index contributed by atoms with van der Waals surface area (Å²) in [7, 11) is 0. The lowest BCUT2D eigenvalue weighted by atomic mass is 10.0. The summed E-state index contributed by atoms with van der Waals surface area (Å²) in [6.45, 7) is 4.99. The number of allylic oxidation sites excluding steroid dienone is 4. The van der Waals surface area contributed by atoms with Crippen molar-refractivity contribution in [1.82, 2.24) is 5.32 Å². The molecule has 6 nitrogen and oxygen atoms in total. The van der Waals surface area contributed by atoms with Crippen LogP contribution in [0, 0.1) is 0 Å². The molecule has 468 valence electrons. The van der Waals surface area contributed by atoms with E-state index in [4.69, 9.17) is 4.74 Å². The average molecular weight is 1110 g/mol. The maximum absolute atomic E-state index is 12.5. The molecule has 0 saturated heterocycles. The number of esters is 1. The number of aliphatic hydroxyl groups is 2. The Kier molecular flexibility index (Phi) is 67.4. The van der Waals surface area contributed by atoms with Crippen molar-refractivity contribution in [3.05, 3.63) is 24.3 Å². The smallest absolute Gasteiger partial charge is 0.305 e. The van der Waals surface area contributed by atoms with Crippen LogP contribution in [0.15, 0.2) is 24.3 Å². The van der Waals surface area contributed by atoms with E-state index in [1.165, 1.54) is 327 Å². The monoisotopic (exact) mass is 1110 g/mol. The first-order valence-electron chi connectivity index (χ1n) is 36.1. The Morgan fingerprint density at radius 1 is 0.342 bits per heavy atom. The minimum atomic E-state index is -0.664. The van der Waals surface area contributed by atoms with Gasteiger partial charge in [0.2, 0.25) is 5.91 Å². The number of carbonyl (C=O) groups excluding carboxylic acids is 2. The molecule has 0 rings (SSSR count). The lowest BCUT2D eigenvalue weighted by molar-refractivity contribution is -0.143. The molecule has 0 fully saturated rings. The Morgan fingerprint density at radius 3 is 0.899 bits per heavy atom. The molecule has 0 aliphatic heterocycles. The maximum Gasteiger partial charge on any atom is 0.305 e. The molecular weight excluding hydrogens is 971 g/mol. The van der Waals surface area contributed by atoms with Crippen molar-refractivity contribution in [2.45, 2.75) is 418 Å². The number of carbonyl (C=O) groups is 2. The molecule has 0 saturated carbocycles. The standard InChI is InChI=1S/C73H141NO5/c1-3-5-7-9-11-13-15-17-19-33-37-41-45-49-53-57-61-65-71(76)70(69-75)74-72(77)66-62-58-54-50-46-42-38-35-31-29-27-25-23-21-22-24-26-28-30-32-36-40-44-48-52-56-60-64-68-79-73(78)67-63-59-55-51-47-43-39-34-20-18-16-14-12-10-8-6-4-2/h18,20-22,70-71,75-76H,3-17,19,23-69H2,1-2H3,(H,74,77)/b20-18-,22-21-. The van der Waals surface area contributed by atoms with Crippen molar-refractivity contribution in [3.63, 3.8) is 0 Å². The SMILES string of the molecule is CCCCCCCC/C=C\CCCCCCCCCC(=O)OCCCCCCCCCCCCCC/C=C\CCCCCCCCCCCCCCC(=O)NC(CO)C(O)CCCCCCCCCCCCCCCCCCC. The van der Waals surface area contributed by atoms with E-state index in [1.54, 1.807) is 0 Å². The second-order valence-corrected chi connectivity index (χ2v) is 24.9. The van der Waals surface area contributed by atoms with Crippen molar-refractivity contribution in [1.29, 1.82) is 0 Å². The number of ether oxygens (including phenoxy) is 1. The van der Waals surface area contributed by atoms with Crippen LogP contribution in [0.5, 0.6) is 0 Å². The number of aliphatic hydroxyl groups excluding tert-OH is 2. The first kappa shape index (κ1) is 77.3. The van der Waals surface area contributed by atoms with Crippen LogP contribution < -0.4 is 5.32 Å². The van der Waals surface area contributed by atoms with Crippen molar-refractivity contribution in [2.75, 3.05) is 13.2 Å². The molecule has 0 radical (unpaired) electrons. The topological polar surface area (TPSA) is 95.9 Å². The first-order valence-corrected chi connectivity index (χ1v) is 36.1. The lowest BCUT2D eigenvalue weighted by Crippen LogP contribution is -2.45. The molecule has 0 aliphatic carbocycles. The minimum Gasteiger partial charge on any atom is -0.466 e. The Morgan fingerprint density at radius 2 is 0.595 bits per heavy atom. The summed E-state index contributed by atoms with van der Waals surface area (Å²) in [4.78, 5) is 24.6. The molecule has 6 heteroatoms. The van der Waals surface area contributed by atoms with Gasteiger partial charge in [-0.3, -0.25) is 9.59 Å². The summed E-state index contributed by atoms with van der Waals surface area (Å²) in [5.74, 6) is -0.0180. The summed E-state index contributed by atoms with van der Waals surface area (Å²) in [6, 6.07) is -0.542. The third kappa shape index (κ3) is 65.4. The van der Waals surface area contributed by atoms with Crippen LogP contribution in [0.1, 0.15) is 406 Å². The highest BCUT2D eigenvalue weighted by atomic mass is 16.5. The second-order valence-electron chi connectivity index (χ2n) is 24.9. The van der Waals surface area contributed by atoms with Gasteiger partial charge >= 0.3 is 5.97 Å². The van der Waals surface area contributed by atoms with Gasteiger partial charge in [-0.2, -0.15) is 0 Å². The molecule has 3 N–H and O–H groups in total. The highest BCUT2D eigenvalue weighted by Crippen LogP contribution is 2.19. The quantitative estimate of drug-likeness (QED) is 0.0320. The molecule has 2 unspecified atom stereocenters. The van der Waals surface area contributed by atoms with Gasteiger partial charge in [-0.1, -0.05) is 340 Å². The van der Waals surface area contributed by atoms with E-state index in [1.807, 2.05) is 0 Å². The normalized spacial score (nSPS) is 12.6. The Hall–Kier alpha value is -1.66. The Bertz CT molecular complexity index is 1230. The molecule has 0 heterocycles. The van der Waals surface area contributed by atoms with Crippen LogP contribution in [-0.2, 0) is 14.3 Å². The molecule has 0 bridgehead atoms. The van der Waals surface area contributed by atoms with Gasteiger partial charge in [-0.25, -0.2) is 0 Å². The molecule has 0 aliphatic rings. The van der Waals surface area contributed by atoms with Gasteiger partial charge in [0, 0.05) is 12.8 Å². The molecule has 0 aromatic carbocycles. The summed E-state index contributed by atoms with van der Waals surface area (Å²) in [5.41, 5.74) is 0. The lowest BCUT2D eigenvalue weighted by Gasteiger charge is -2.22. The number of rotatable bonds is 68. The average Bonchev–Trinajstić information content (AvgIpc) is 3.45. The summed E-state index contributed by atoms with van der Waals surface area (Å²) >= 11 is 0. The molecule has 0 aromatic rings. The molecule has 79 heavy (non-hydrogen) atoms. The zero-order chi connectivity index (χ0) is 57.1. The van der Waals surface area contributed by atoms with Gasteiger partial charge in [0.15, 0.2) is 0 Å². The number of hydrogen-bond acceptors (Lipinski definition) is 5. The number of amides is 1. The van der Waals surface area contributed by atoms with Crippen LogP contribution in [0.4, 0.5) is 0 Å².